The van der Waals surface area contributed by atoms with Gasteiger partial charge < -0.3 is 10.1 Å². The Kier molecular flexibility index (Phi) is 7.42. The molecule has 0 fully saturated rings. The van der Waals surface area contributed by atoms with Crippen molar-refractivity contribution in [1.82, 2.24) is 5.32 Å². The molecule has 0 aliphatic rings. The Balaban J connectivity index is 1.98. The molecule has 0 aliphatic carbocycles. The van der Waals surface area contributed by atoms with E-state index in [1.165, 1.54) is 0 Å². The van der Waals surface area contributed by atoms with Crippen molar-refractivity contribution in [3.8, 4) is 0 Å². The SMILES string of the molecule is C=C(CN[C@@H](Cc1ccccc1)C(=O)OCc1ccccc1)C(C)C. The van der Waals surface area contributed by atoms with Gasteiger partial charge in [0.1, 0.15) is 12.6 Å². The van der Waals surface area contributed by atoms with Crippen LogP contribution in [0.25, 0.3) is 0 Å². The summed E-state index contributed by atoms with van der Waals surface area (Å²) in [6, 6.07) is 19.3. The van der Waals surface area contributed by atoms with E-state index in [-0.39, 0.29) is 18.6 Å². The first-order valence-electron chi connectivity index (χ1n) is 8.72. The third kappa shape index (κ3) is 6.55. The summed E-state index contributed by atoms with van der Waals surface area (Å²) in [5, 5.41) is 3.31. The summed E-state index contributed by atoms with van der Waals surface area (Å²) >= 11 is 0. The Morgan fingerprint density at radius 2 is 1.56 bits per heavy atom. The fourth-order valence-electron chi connectivity index (χ4n) is 2.38. The molecule has 25 heavy (non-hydrogen) atoms. The fourth-order valence-corrected chi connectivity index (χ4v) is 2.38. The van der Waals surface area contributed by atoms with Gasteiger partial charge in [-0.05, 0) is 23.5 Å². The fraction of sp³-hybridized carbons (Fsp3) is 0.318. The first kappa shape index (κ1) is 18.9. The van der Waals surface area contributed by atoms with Crippen LogP contribution in [-0.4, -0.2) is 18.6 Å². The molecule has 0 radical (unpaired) electrons. The highest BCUT2D eigenvalue weighted by Gasteiger charge is 2.20. The Bertz CT molecular complexity index is 665. The van der Waals surface area contributed by atoms with Crippen molar-refractivity contribution in [1.29, 1.82) is 0 Å². The number of hydrogen-bond acceptors (Lipinski definition) is 3. The van der Waals surface area contributed by atoms with Crippen LogP contribution in [0.15, 0.2) is 72.8 Å². The van der Waals surface area contributed by atoms with Crippen molar-refractivity contribution in [2.45, 2.75) is 32.9 Å². The number of benzene rings is 2. The normalized spacial score (nSPS) is 12.0. The van der Waals surface area contributed by atoms with Crippen LogP contribution in [0.1, 0.15) is 25.0 Å². The zero-order valence-corrected chi connectivity index (χ0v) is 15.1. The molecule has 0 aliphatic heterocycles. The molecule has 132 valence electrons. The molecule has 1 N–H and O–H groups in total. The molecule has 0 saturated carbocycles. The molecule has 0 spiro atoms. The number of ether oxygens (including phenoxy) is 1. The summed E-state index contributed by atoms with van der Waals surface area (Å²) in [5.41, 5.74) is 3.17. The Labute approximate surface area is 150 Å². The maximum atomic E-state index is 12.6. The van der Waals surface area contributed by atoms with Gasteiger partial charge in [0.2, 0.25) is 0 Å². The van der Waals surface area contributed by atoms with Gasteiger partial charge in [0, 0.05) is 6.54 Å². The van der Waals surface area contributed by atoms with E-state index in [0.717, 1.165) is 16.7 Å². The smallest absolute Gasteiger partial charge is 0.323 e. The van der Waals surface area contributed by atoms with Crippen molar-refractivity contribution in [3.05, 3.63) is 83.9 Å². The van der Waals surface area contributed by atoms with Crippen LogP contribution in [0.5, 0.6) is 0 Å². The van der Waals surface area contributed by atoms with Gasteiger partial charge in [-0.1, -0.05) is 86.7 Å². The molecule has 0 heterocycles. The van der Waals surface area contributed by atoms with Gasteiger partial charge in [-0.15, -0.1) is 0 Å². The highest BCUT2D eigenvalue weighted by Crippen LogP contribution is 2.09. The number of rotatable bonds is 9. The molecular weight excluding hydrogens is 310 g/mol. The van der Waals surface area contributed by atoms with Crippen LogP contribution in [0, 0.1) is 5.92 Å². The monoisotopic (exact) mass is 337 g/mol. The maximum absolute atomic E-state index is 12.6. The second-order valence-corrected chi connectivity index (χ2v) is 6.53. The van der Waals surface area contributed by atoms with Gasteiger partial charge in [0.25, 0.3) is 0 Å². The van der Waals surface area contributed by atoms with Crippen molar-refractivity contribution in [2.24, 2.45) is 5.92 Å². The number of carbonyl (C=O) groups is 1. The zero-order valence-electron chi connectivity index (χ0n) is 15.1. The molecule has 0 saturated heterocycles. The number of nitrogens with one attached hydrogen (secondary N) is 1. The van der Waals surface area contributed by atoms with E-state index in [1.807, 2.05) is 60.7 Å². The second kappa shape index (κ2) is 9.80. The van der Waals surface area contributed by atoms with Gasteiger partial charge in [-0.25, -0.2) is 0 Å². The van der Waals surface area contributed by atoms with Gasteiger partial charge in [-0.2, -0.15) is 0 Å². The summed E-state index contributed by atoms with van der Waals surface area (Å²) in [6.45, 7) is 9.17. The molecule has 0 amide bonds. The van der Waals surface area contributed by atoms with Crippen molar-refractivity contribution in [2.75, 3.05) is 6.54 Å². The lowest BCUT2D eigenvalue weighted by molar-refractivity contribution is -0.147. The van der Waals surface area contributed by atoms with Crippen molar-refractivity contribution in [3.63, 3.8) is 0 Å². The average Bonchev–Trinajstić information content (AvgIpc) is 2.64. The van der Waals surface area contributed by atoms with Crippen molar-refractivity contribution >= 4 is 5.97 Å². The molecule has 0 unspecified atom stereocenters. The summed E-state index contributed by atoms with van der Waals surface area (Å²) in [7, 11) is 0. The quantitative estimate of drug-likeness (QED) is 0.552. The minimum absolute atomic E-state index is 0.232. The highest BCUT2D eigenvalue weighted by atomic mass is 16.5. The van der Waals surface area contributed by atoms with E-state index in [2.05, 4.69) is 25.7 Å². The number of hydrogen-bond donors (Lipinski definition) is 1. The topological polar surface area (TPSA) is 38.3 Å². The van der Waals surface area contributed by atoms with Gasteiger partial charge in [0.05, 0.1) is 0 Å². The number of carbonyl (C=O) groups excluding carboxylic acids is 1. The Morgan fingerprint density at radius 1 is 1.00 bits per heavy atom. The standard InChI is InChI=1S/C22H27NO2/c1-17(2)18(3)15-23-21(14-19-10-6-4-7-11-19)22(24)25-16-20-12-8-5-9-13-20/h4-13,17,21,23H,3,14-16H2,1-2H3/t21-/m0/s1. The number of esters is 1. The summed E-state index contributed by atoms with van der Waals surface area (Å²) in [4.78, 5) is 12.6. The van der Waals surface area contributed by atoms with E-state index >= 15 is 0 Å². The Hall–Kier alpha value is -2.39. The lowest BCUT2D eigenvalue weighted by Crippen LogP contribution is -2.41. The molecule has 3 heteroatoms. The van der Waals surface area contributed by atoms with E-state index in [4.69, 9.17) is 4.74 Å². The third-order valence-corrected chi connectivity index (χ3v) is 4.18. The predicted molar refractivity (Wildman–Crippen MR) is 102 cm³/mol. The molecule has 3 nitrogen and oxygen atoms in total. The predicted octanol–water partition coefficient (Wildman–Crippen LogP) is 4.14. The lowest BCUT2D eigenvalue weighted by Gasteiger charge is -2.20. The lowest BCUT2D eigenvalue weighted by atomic mass is 10.0. The van der Waals surface area contributed by atoms with Gasteiger partial charge in [-0.3, -0.25) is 4.79 Å². The van der Waals surface area contributed by atoms with E-state index in [0.29, 0.717) is 18.9 Å². The first-order chi connectivity index (χ1) is 12.1. The molecule has 1 atom stereocenters. The average molecular weight is 337 g/mol. The summed E-state index contributed by atoms with van der Waals surface area (Å²) in [6.07, 6.45) is 0.597. The Morgan fingerprint density at radius 3 is 2.12 bits per heavy atom. The van der Waals surface area contributed by atoms with Crippen LogP contribution in [0.3, 0.4) is 0 Å². The first-order valence-corrected chi connectivity index (χ1v) is 8.72. The largest absolute Gasteiger partial charge is 0.460 e. The molecule has 0 bridgehead atoms. The van der Waals surface area contributed by atoms with E-state index < -0.39 is 0 Å². The van der Waals surface area contributed by atoms with Crippen LogP contribution >= 0.6 is 0 Å². The highest BCUT2D eigenvalue weighted by molar-refractivity contribution is 5.76. The summed E-state index contributed by atoms with van der Waals surface area (Å²) in [5.74, 6) is 0.148. The van der Waals surface area contributed by atoms with Crippen LogP contribution < -0.4 is 5.32 Å². The van der Waals surface area contributed by atoms with Gasteiger partial charge in [0.15, 0.2) is 0 Å². The minimum Gasteiger partial charge on any atom is -0.460 e. The molecular formula is C22H27NO2. The molecule has 2 aromatic carbocycles. The molecule has 2 aromatic rings. The van der Waals surface area contributed by atoms with E-state index in [9.17, 15) is 4.79 Å². The van der Waals surface area contributed by atoms with Gasteiger partial charge >= 0.3 is 5.97 Å². The molecule has 2 rings (SSSR count). The minimum atomic E-state index is -0.387. The third-order valence-electron chi connectivity index (χ3n) is 4.18. The maximum Gasteiger partial charge on any atom is 0.323 e. The second-order valence-electron chi connectivity index (χ2n) is 6.53. The summed E-state index contributed by atoms with van der Waals surface area (Å²) < 4.78 is 5.52. The van der Waals surface area contributed by atoms with Crippen LogP contribution in [0.2, 0.25) is 0 Å². The van der Waals surface area contributed by atoms with Crippen molar-refractivity contribution < 1.29 is 9.53 Å². The van der Waals surface area contributed by atoms with E-state index in [1.54, 1.807) is 0 Å². The zero-order chi connectivity index (χ0) is 18.1. The van der Waals surface area contributed by atoms with Crippen LogP contribution in [0.4, 0.5) is 0 Å². The van der Waals surface area contributed by atoms with Crippen LogP contribution in [-0.2, 0) is 22.6 Å². The molecule has 0 aromatic heterocycles.